The number of aliphatic carboxylic acids is 1. The largest absolute Gasteiger partial charge is 0.480 e. The van der Waals surface area contributed by atoms with Crippen molar-refractivity contribution >= 4 is 28.6 Å². The van der Waals surface area contributed by atoms with Gasteiger partial charge in [-0.05, 0) is 12.1 Å². The van der Waals surface area contributed by atoms with Crippen LogP contribution in [0.3, 0.4) is 0 Å². The van der Waals surface area contributed by atoms with Crippen molar-refractivity contribution in [1.82, 2.24) is 9.97 Å². The van der Waals surface area contributed by atoms with Crippen molar-refractivity contribution in [2.75, 3.05) is 11.4 Å². The van der Waals surface area contributed by atoms with Crippen LogP contribution in [0.2, 0.25) is 0 Å². The molecule has 0 bridgehead atoms. The summed E-state index contributed by atoms with van der Waals surface area (Å²) in [7, 11) is 0. The Morgan fingerprint density at radius 2 is 1.64 bits per heavy atom. The minimum atomic E-state index is -5.51. The first-order valence-corrected chi connectivity index (χ1v) is 6.35. The lowest BCUT2D eigenvalue weighted by Gasteiger charge is -2.23. The average Bonchev–Trinajstić information content (AvgIpc) is 2.49. The van der Waals surface area contributed by atoms with Crippen molar-refractivity contribution in [1.29, 1.82) is 0 Å². The van der Waals surface area contributed by atoms with E-state index in [1.54, 1.807) is 0 Å². The van der Waals surface area contributed by atoms with Crippen molar-refractivity contribution < 1.29 is 41.0 Å². The highest BCUT2D eigenvalue weighted by molar-refractivity contribution is 6.05. The van der Waals surface area contributed by atoms with E-state index in [9.17, 15) is 35.9 Å². The number of rotatable bonds is 3. The van der Waals surface area contributed by atoms with Gasteiger partial charge in [0.05, 0.1) is 5.52 Å². The zero-order valence-electron chi connectivity index (χ0n) is 11.9. The summed E-state index contributed by atoms with van der Waals surface area (Å²) in [5.41, 5.74) is -0.398. The molecule has 1 amide bonds. The molecule has 1 aromatic heterocycles. The fraction of sp³-hybridized carbons (Fsp3) is 0.231. The number of nitrogens with zero attached hydrogens (tertiary/aromatic N) is 3. The van der Waals surface area contributed by atoms with Crippen molar-refractivity contribution in [2.24, 2.45) is 0 Å². The number of anilines is 1. The van der Waals surface area contributed by atoms with Gasteiger partial charge in [0, 0.05) is 5.39 Å². The molecule has 25 heavy (non-hydrogen) atoms. The molecule has 2 aromatic rings. The molecule has 6 nitrogen and oxygen atoms in total. The smallest absolute Gasteiger partial charge is 0.471 e. The third-order valence-electron chi connectivity index (χ3n) is 2.87. The molecule has 0 aliphatic heterocycles. The number of benzene rings is 1. The maximum atomic E-state index is 12.9. The van der Waals surface area contributed by atoms with Gasteiger partial charge >= 0.3 is 24.2 Å². The molecular weight excluding hydrogens is 360 g/mol. The monoisotopic (exact) mass is 367 g/mol. The van der Waals surface area contributed by atoms with Crippen LogP contribution in [0.25, 0.3) is 10.9 Å². The van der Waals surface area contributed by atoms with Crippen LogP contribution in [0.1, 0.15) is 5.82 Å². The van der Waals surface area contributed by atoms with E-state index in [4.69, 9.17) is 5.11 Å². The van der Waals surface area contributed by atoms with Gasteiger partial charge in [-0.3, -0.25) is 14.5 Å². The fourth-order valence-electron chi connectivity index (χ4n) is 1.92. The number of carbonyl (C=O) groups is 2. The molecule has 0 unspecified atom stereocenters. The molecule has 134 valence electrons. The lowest BCUT2D eigenvalue weighted by molar-refractivity contribution is -0.171. The SMILES string of the molecule is O=C(O)CN(C(=O)C(F)(F)F)c1nc(C(F)(F)F)nc2ccccc12. The summed E-state index contributed by atoms with van der Waals surface area (Å²) in [5.74, 6) is -7.42. The minimum Gasteiger partial charge on any atom is -0.480 e. The Bertz CT molecular complexity index is 834. The molecule has 0 saturated heterocycles. The number of carboxylic acid groups (broad SMARTS) is 1. The highest BCUT2D eigenvalue weighted by Gasteiger charge is 2.45. The molecule has 0 spiro atoms. The molecule has 0 aliphatic rings. The molecule has 0 saturated carbocycles. The lowest BCUT2D eigenvalue weighted by Crippen LogP contribution is -2.44. The first-order valence-electron chi connectivity index (χ1n) is 6.35. The molecule has 1 aromatic carbocycles. The Morgan fingerprint density at radius 3 is 2.16 bits per heavy atom. The standard InChI is InChI=1S/C13H7F6N3O3/c14-12(15,16)10-20-7-4-2-1-3-6(7)9(21-10)22(5-8(23)24)11(25)13(17,18)19/h1-4H,5H2,(H,23,24). The molecule has 1 N–H and O–H groups in total. The van der Waals surface area contributed by atoms with E-state index < -0.39 is 47.9 Å². The van der Waals surface area contributed by atoms with Gasteiger partial charge in [0.25, 0.3) is 0 Å². The van der Waals surface area contributed by atoms with Gasteiger partial charge in [0.1, 0.15) is 12.4 Å². The predicted molar refractivity (Wildman–Crippen MR) is 70.6 cm³/mol. The molecule has 0 aliphatic carbocycles. The van der Waals surface area contributed by atoms with Gasteiger partial charge in [0.2, 0.25) is 5.82 Å². The zero-order chi connectivity index (χ0) is 19.0. The minimum absolute atomic E-state index is 0.339. The van der Waals surface area contributed by atoms with Crippen LogP contribution in [-0.2, 0) is 15.8 Å². The number of halogens is 6. The van der Waals surface area contributed by atoms with Gasteiger partial charge in [-0.15, -0.1) is 0 Å². The van der Waals surface area contributed by atoms with E-state index in [1.807, 2.05) is 0 Å². The Balaban J connectivity index is 2.77. The molecule has 0 radical (unpaired) electrons. The maximum absolute atomic E-state index is 12.9. The van der Waals surface area contributed by atoms with E-state index >= 15 is 0 Å². The third-order valence-corrected chi connectivity index (χ3v) is 2.87. The van der Waals surface area contributed by atoms with Gasteiger partial charge in [-0.2, -0.15) is 26.3 Å². The summed E-state index contributed by atoms with van der Waals surface area (Å²) in [6, 6.07) is 4.67. The number of amides is 1. The van der Waals surface area contributed by atoms with Crippen LogP contribution in [0.4, 0.5) is 32.2 Å². The first kappa shape index (κ1) is 18.4. The van der Waals surface area contributed by atoms with Crippen LogP contribution in [-0.4, -0.2) is 39.7 Å². The zero-order valence-corrected chi connectivity index (χ0v) is 11.9. The van der Waals surface area contributed by atoms with Crippen LogP contribution < -0.4 is 4.90 Å². The van der Waals surface area contributed by atoms with E-state index in [0.717, 1.165) is 12.1 Å². The molecule has 0 atom stereocenters. The Labute approximate surface area is 134 Å². The highest BCUT2D eigenvalue weighted by Crippen LogP contribution is 2.33. The number of hydrogen-bond donors (Lipinski definition) is 1. The molecule has 1 heterocycles. The summed E-state index contributed by atoms with van der Waals surface area (Å²) in [6.45, 7) is -1.53. The van der Waals surface area contributed by atoms with E-state index in [0.29, 0.717) is 0 Å². The van der Waals surface area contributed by atoms with E-state index in [-0.39, 0.29) is 10.3 Å². The second kappa shape index (κ2) is 6.18. The quantitative estimate of drug-likeness (QED) is 0.844. The van der Waals surface area contributed by atoms with Gasteiger partial charge < -0.3 is 5.11 Å². The van der Waals surface area contributed by atoms with Crippen LogP contribution in [0.5, 0.6) is 0 Å². The molecular formula is C13H7F6N3O3. The summed E-state index contributed by atoms with van der Waals surface area (Å²) in [5, 5.41) is 8.40. The summed E-state index contributed by atoms with van der Waals surface area (Å²) < 4.78 is 76.8. The van der Waals surface area contributed by atoms with Gasteiger partial charge in [0.15, 0.2) is 0 Å². The van der Waals surface area contributed by atoms with Crippen LogP contribution in [0, 0.1) is 0 Å². The van der Waals surface area contributed by atoms with Crippen LogP contribution in [0.15, 0.2) is 24.3 Å². The number of carbonyl (C=O) groups excluding carboxylic acids is 1. The number of carboxylic acids is 1. The van der Waals surface area contributed by atoms with Crippen LogP contribution >= 0.6 is 0 Å². The Hall–Kier alpha value is -2.92. The van der Waals surface area contributed by atoms with Crippen molar-refractivity contribution in [3.8, 4) is 0 Å². The summed E-state index contributed by atoms with van der Waals surface area (Å²) in [6.07, 6.45) is -10.6. The first-order chi connectivity index (χ1) is 11.4. The normalized spacial score (nSPS) is 12.2. The second-order valence-corrected chi connectivity index (χ2v) is 4.67. The predicted octanol–water partition coefficient (Wildman–Crippen LogP) is 2.63. The third kappa shape index (κ3) is 3.95. The van der Waals surface area contributed by atoms with Gasteiger partial charge in [-0.25, -0.2) is 9.97 Å². The fourth-order valence-corrected chi connectivity index (χ4v) is 1.92. The summed E-state index contributed by atoms with van der Waals surface area (Å²) in [4.78, 5) is 28.1. The number of aromatic nitrogens is 2. The maximum Gasteiger partial charge on any atom is 0.471 e. The number of para-hydroxylation sites is 1. The molecule has 0 fully saturated rings. The van der Waals surface area contributed by atoms with Crippen molar-refractivity contribution in [3.63, 3.8) is 0 Å². The Kier molecular flexibility index (Phi) is 4.55. The Morgan fingerprint density at radius 1 is 1.04 bits per heavy atom. The highest BCUT2D eigenvalue weighted by atomic mass is 19.4. The second-order valence-electron chi connectivity index (χ2n) is 4.67. The topological polar surface area (TPSA) is 83.4 Å². The molecule has 12 heteroatoms. The average molecular weight is 367 g/mol. The lowest BCUT2D eigenvalue weighted by atomic mass is 10.2. The molecule has 2 rings (SSSR count). The number of alkyl halides is 6. The summed E-state index contributed by atoms with van der Waals surface area (Å²) >= 11 is 0. The van der Waals surface area contributed by atoms with E-state index in [1.165, 1.54) is 12.1 Å². The number of fused-ring (bicyclic) bond motifs is 1. The van der Waals surface area contributed by atoms with E-state index in [2.05, 4.69) is 9.97 Å². The van der Waals surface area contributed by atoms with Crippen molar-refractivity contribution in [2.45, 2.75) is 12.4 Å². The number of hydrogen-bond acceptors (Lipinski definition) is 4. The van der Waals surface area contributed by atoms with Crippen molar-refractivity contribution in [3.05, 3.63) is 30.1 Å². The van der Waals surface area contributed by atoms with Gasteiger partial charge in [-0.1, -0.05) is 12.1 Å².